The molecule has 0 aliphatic heterocycles. The number of allylic oxidation sites excluding steroid dienone is 4. The molecule has 4 aromatic carbocycles. The number of benzene rings is 4. The van der Waals surface area contributed by atoms with Crippen LogP contribution in [-0.4, -0.2) is 4.21 Å². The van der Waals surface area contributed by atoms with E-state index in [1.807, 2.05) is 24.3 Å². The number of hydrogen-bond donors (Lipinski definition) is 0. The Morgan fingerprint density at radius 1 is 0.833 bits per heavy atom. The molecule has 0 radical (unpaired) electrons. The first-order chi connectivity index (χ1) is 18.5. The van der Waals surface area contributed by atoms with Crippen LogP contribution in [0.15, 0.2) is 78.4 Å². The second-order valence-electron chi connectivity index (χ2n) is 11.5. The Bertz CT molecular complexity index is 1380. The second-order valence-corrected chi connectivity index (χ2v) is 11.5. The number of fused-ring (bicyclic) bond motifs is 4. The van der Waals surface area contributed by atoms with E-state index in [2.05, 4.69) is 126 Å². The van der Waals surface area contributed by atoms with Crippen molar-refractivity contribution in [2.24, 2.45) is 11.3 Å². The fourth-order valence-corrected chi connectivity index (χ4v) is 4.77. The number of hydrogen-bond acceptors (Lipinski definition) is 0. The van der Waals surface area contributed by atoms with E-state index in [1.54, 1.807) is 0 Å². The minimum Gasteiger partial charge on any atom is -0.358 e. The molecule has 0 saturated carbocycles. The first-order valence-electron chi connectivity index (χ1n) is 13.7. The van der Waals surface area contributed by atoms with Gasteiger partial charge in [-0.25, -0.2) is 6.08 Å². The molecule has 42 heavy (non-hydrogen) atoms. The first kappa shape index (κ1) is 40.0. The normalized spacial score (nSPS) is 13.5. The van der Waals surface area contributed by atoms with Crippen LogP contribution in [0, 0.1) is 64.7 Å². The third kappa shape index (κ3) is 10.3. The Kier molecular flexibility index (Phi) is 17.0. The summed E-state index contributed by atoms with van der Waals surface area (Å²) in [6.07, 6.45) is 8.70. The molecule has 0 amide bonds. The molecule has 0 aromatic heterocycles. The van der Waals surface area contributed by atoms with E-state index in [4.69, 9.17) is 0 Å². The van der Waals surface area contributed by atoms with Gasteiger partial charge in [-0.15, -0.1) is 52.8 Å². The van der Waals surface area contributed by atoms with Crippen LogP contribution < -0.4 is 0 Å². The van der Waals surface area contributed by atoms with E-state index in [-0.39, 0.29) is 32.2 Å². The molecular weight excluding hydrogens is 631 g/mol. The van der Waals surface area contributed by atoms with Crippen LogP contribution in [0.2, 0.25) is 0 Å². The van der Waals surface area contributed by atoms with Crippen LogP contribution in [0.25, 0.3) is 21.9 Å². The zero-order chi connectivity index (χ0) is 28.7. The Labute approximate surface area is 283 Å². The van der Waals surface area contributed by atoms with Crippen molar-refractivity contribution >= 4 is 39.8 Å². The maximum Gasteiger partial charge on any atom is -0.0648 e. The van der Waals surface area contributed by atoms with Gasteiger partial charge in [-0.1, -0.05) is 88.8 Å². The van der Waals surface area contributed by atoms with Gasteiger partial charge in [0.2, 0.25) is 0 Å². The van der Waals surface area contributed by atoms with Gasteiger partial charge in [-0.05, 0) is 37.0 Å². The summed E-state index contributed by atoms with van der Waals surface area (Å²) in [5, 5.41) is 2.53. The maximum atomic E-state index is 3.54. The van der Waals surface area contributed by atoms with Gasteiger partial charge in [0.05, 0.1) is 0 Å². The fourth-order valence-electron chi connectivity index (χ4n) is 4.77. The summed E-state index contributed by atoms with van der Waals surface area (Å²) < 4.78 is 3.34. The Hall–Kier alpha value is -2.05. The Morgan fingerprint density at radius 3 is 1.98 bits per heavy atom. The van der Waals surface area contributed by atoms with Crippen molar-refractivity contribution in [1.29, 1.82) is 0 Å². The summed E-state index contributed by atoms with van der Waals surface area (Å²) in [6.45, 7) is 17.6. The van der Waals surface area contributed by atoms with Crippen molar-refractivity contribution in [1.82, 2.24) is 0 Å². The van der Waals surface area contributed by atoms with Crippen LogP contribution in [0.3, 0.4) is 0 Å². The van der Waals surface area contributed by atoms with Gasteiger partial charge >= 0.3 is 28.4 Å². The summed E-state index contributed by atoms with van der Waals surface area (Å²) in [5.74, 6) is 0.522. The molecular formula is C39H46Cl2Zr-4. The van der Waals surface area contributed by atoms with Crippen LogP contribution in [0.5, 0.6) is 0 Å². The summed E-state index contributed by atoms with van der Waals surface area (Å²) in [6, 6.07) is 27.8. The average Bonchev–Trinajstić information content (AvgIpc) is 3.50. The zero-order valence-corrected chi connectivity index (χ0v) is 30.8. The van der Waals surface area contributed by atoms with Crippen molar-refractivity contribution in [2.45, 2.75) is 61.8 Å². The molecule has 0 saturated heterocycles. The summed E-state index contributed by atoms with van der Waals surface area (Å²) >= 11 is 1.30. The predicted molar refractivity (Wildman–Crippen MR) is 188 cm³/mol. The smallest absolute Gasteiger partial charge is 0.0648 e. The predicted octanol–water partition coefficient (Wildman–Crippen LogP) is 11.2. The number of halogens is 2. The van der Waals surface area contributed by atoms with Crippen LogP contribution in [0.1, 0.15) is 61.1 Å². The molecule has 2 aliphatic carbocycles. The minimum absolute atomic E-state index is 0. The molecule has 3 heteroatoms. The van der Waals surface area contributed by atoms with Crippen molar-refractivity contribution in [3.05, 3.63) is 137 Å². The van der Waals surface area contributed by atoms with Crippen molar-refractivity contribution in [2.75, 3.05) is 0 Å². The summed E-state index contributed by atoms with van der Waals surface area (Å²) in [7, 11) is 0. The molecule has 0 bridgehead atoms. The molecule has 0 N–H and O–H groups in total. The fraction of sp³-hybridized carbons (Fsp3) is 0.282. The largest absolute Gasteiger partial charge is 0.358 e. The molecule has 0 spiro atoms. The van der Waals surface area contributed by atoms with Crippen molar-refractivity contribution in [3.63, 3.8) is 0 Å². The van der Waals surface area contributed by atoms with Gasteiger partial charge in [0.25, 0.3) is 0 Å². The standard InChI is InChI=1S/C17H17.C10H7.C10H15.CH3.CH2.2ClH.Zr/c1-10-5-14-9-15-6-11(2)13(4)8-17(15)16(14)7-12(10)3;1-2-6-10-8-4-3-7-9(10)5-1;1-8-5-6-9(7-8)10(2,3)4;;;;;/h5,7-8H,9H2,1-4H3;1-3,5-8H;6-8H,1-4H3;1H3;1H2;2*1H;/q4*-1;;;;. The van der Waals surface area contributed by atoms with E-state index in [0.717, 1.165) is 6.42 Å². The van der Waals surface area contributed by atoms with Gasteiger partial charge in [-0.3, -0.25) is 6.08 Å². The molecule has 1 unspecified atom stereocenters. The summed E-state index contributed by atoms with van der Waals surface area (Å²) in [5.41, 5.74) is 12.8. The van der Waals surface area contributed by atoms with Crippen LogP contribution in [0.4, 0.5) is 0 Å². The van der Waals surface area contributed by atoms with E-state index in [1.165, 1.54) is 85.1 Å². The van der Waals surface area contributed by atoms with Crippen LogP contribution >= 0.6 is 24.8 Å². The zero-order valence-electron chi connectivity index (χ0n) is 26.7. The number of rotatable bonds is 0. The van der Waals surface area contributed by atoms with Crippen LogP contribution in [-0.2, 0) is 30.7 Å². The Morgan fingerprint density at radius 2 is 1.43 bits per heavy atom. The Balaban J connectivity index is 0.000000591. The average molecular weight is 677 g/mol. The quantitative estimate of drug-likeness (QED) is 0.143. The van der Waals surface area contributed by atoms with E-state index in [0.29, 0.717) is 11.3 Å². The third-order valence-corrected chi connectivity index (χ3v) is 7.38. The molecule has 0 nitrogen and oxygen atoms in total. The van der Waals surface area contributed by atoms with Gasteiger partial charge in [-0.2, -0.15) is 59.2 Å². The van der Waals surface area contributed by atoms with Gasteiger partial charge in [0, 0.05) is 0 Å². The third-order valence-electron chi connectivity index (χ3n) is 7.38. The van der Waals surface area contributed by atoms with Gasteiger partial charge in [0.15, 0.2) is 0 Å². The molecule has 1 atom stereocenters. The van der Waals surface area contributed by atoms with E-state index < -0.39 is 0 Å². The van der Waals surface area contributed by atoms with Gasteiger partial charge < -0.3 is 7.43 Å². The van der Waals surface area contributed by atoms with E-state index >= 15 is 0 Å². The minimum atomic E-state index is 0. The first-order valence-corrected chi connectivity index (χ1v) is 15.4. The van der Waals surface area contributed by atoms with Crippen molar-refractivity contribution in [3.8, 4) is 11.1 Å². The number of aryl methyl sites for hydroxylation is 4. The molecule has 0 heterocycles. The van der Waals surface area contributed by atoms with Gasteiger partial charge in [0.1, 0.15) is 0 Å². The van der Waals surface area contributed by atoms with E-state index in [9.17, 15) is 0 Å². The maximum absolute atomic E-state index is 3.54. The molecule has 6 rings (SSSR count). The van der Waals surface area contributed by atoms with Crippen molar-refractivity contribution < 1.29 is 24.2 Å². The molecule has 0 fully saturated rings. The topological polar surface area (TPSA) is 0 Å². The second kappa shape index (κ2) is 17.9. The molecule has 224 valence electrons. The molecule has 4 aromatic rings. The SMILES string of the molecule is CC1[C-]=CC(C(C)(C)C)=C1.Cc1[c-]c2c(cc1C)-c1cc(C)c(C)cc1C2.Cl.Cl.[CH2]=[Zr].[CH3-].[c-]1ccc2ccccc2c1. The molecule has 2 aliphatic rings. The summed E-state index contributed by atoms with van der Waals surface area (Å²) in [4.78, 5) is 0. The monoisotopic (exact) mass is 674 g/mol.